The molecule has 1 fully saturated rings. The Morgan fingerprint density at radius 2 is 2.15 bits per heavy atom. The Morgan fingerprint density at radius 3 is 2.73 bits per heavy atom. The van der Waals surface area contributed by atoms with Crippen molar-refractivity contribution in [2.24, 2.45) is 17.8 Å². The number of aromatic nitrogens is 1. The highest BCUT2D eigenvalue weighted by Gasteiger charge is 2.26. The molecule has 1 aromatic rings. The summed E-state index contributed by atoms with van der Waals surface area (Å²) in [5.74, 6) is -0.0351. The molecule has 1 aliphatic rings. The van der Waals surface area contributed by atoms with Gasteiger partial charge in [0.05, 0.1) is 5.92 Å². The summed E-state index contributed by atoms with van der Waals surface area (Å²) in [5, 5.41) is 6.49. The molecule has 0 saturated carbocycles. The van der Waals surface area contributed by atoms with Crippen molar-refractivity contribution in [1.29, 1.82) is 0 Å². The highest BCUT2D eigenvalue weighted by Crippen LogP contribution is 2.19. The van der Waals surface area contributed by atoms with Gasteiger partial charge >= 0.3 is 0 Å². The van der Waals surface area contributed by atoms with Gasteiger partial charge in [-0.1, -0.05) is 25.4 Å². The fourth-order valence-electron chi connectivity index (χ4n) is 2.89. The largest absolute Gasteiger partial charge is 0.361 e. The quantitative estimate of drug-likeness (QED) is 0.427. The molecule has 0 aliphatic carbocycles. The topological polar surface area (TPSA) is 113 Å². The van der Waals surface area contributed by atoms with Crippen LogP contribution < -0.4 is 16.2 Å². The van der Waals surface area contributed by atoms with E-state index in [-0.39, 0.29) is 35.6 Å². The second-order valence-electron chi connectivity index (χ2n) is 7.27. The van der Waals surface area contributed by atoms with E-state index in [1.807, 2.05) is 0 Å². The van der Waals surface area contributed by atoms with Crippen molar-refractivity contribution in [3.8, 4) is 0 Å². The minimum atomic E-state index is -0.452. The second-order valence-corrected chi connectivity index (χ2v) is 7.27. The highest BCUT2D eigenvalue weighted by molar-refractivity contribution is 5.97. The molecule has 0 spiro atoms. The zero-order valence-corrected chi connectivity index (χ0v) is 15.6. The molecule has 3 N–H and O–H groups in total. The maximum absolute atomic E-state index is 12.5. The Labute approximate surface area is 153 Å². The minimum absolute atomic E-state index is 0.000290. The average molecular weight is 364 g/mol. The Balaban J connectivity index is 1.88. The summed E-state index contributed by atoms with van der Waals surface area (Å²) in [7, 11) is 0. The van der Waals surface area contributed by atoms with Gasteiger partial charge in [0.15, 0.2) is 5.78 Å². The zero-order chi connectivity index (χ0) is 19.1. The van der Waals surface area contributed by atoms with Gasteiger partial charge in [-0.2, -0.15) is 0 Å². The van der Waals surface area contributed by atoms with Gasteiger partial charge in [-0.3, -0.25) is 19.8 Å². The SMILES string of the molecule is Cc1cc(C(=O)C[C@@H](CCC(C)C)C(=O)NNC[C@@H]2CCNC2=O)no1. The van der Waals surface area contributed by atoms with Gasteiger partial charge in [0.25, 0.3) is 0 Å². The molecule has 0 radical (unpaired) electrons. The normalized spacial score (nSPS) is 18.0. The van der Waals surface area contributed by atoms with E-state index in [4.69, 9.17) is 4.52 Å². The van der Waals surface area contributed by atoms with Gasteiger partial charge in [-0.25, -0.2) is 5.43 Å². The van der Waals surface area contributed by atoms with Crippen LogP contribution in [0.1, 0.15) is 55.8 Å². The molecule has 144 valence electrons. The molecule has 8 heteroatoms. The van der Waals surface area contributed by atoms with E-state index in [1.165, 1.54) is 0 Å². The van der Waals surface area contributed by atoms with E-state index in [0.717, 1.165) is 12.8 Å². The van der Waals surface area contributed by atoms with E-state index in [2.05, 4.69) is 35.2 Å². The minimum Gasteiger partial charge on any atom is -0.361 e. The number of hydrogen-bond acceptors (Lipinski definition) is 6. The number of nitrogens with one attached hydrogen (secondary N) is 3. The van der Waals surface area contributed by atoms with Crippen LogP contribution in [-0.2, 0) is 9.59 Å². The maximum Gasteiger partial charge on any atom is 0.237 e. The third-order valence-electron chi connectivity index (χ3n) is 4.53. The van der Waals surface area contributed by atoms with Crippen LogP contribution in [0, 0.1) is 24.7 Å². The van der Waals surface area contributed by atoms with Crippen molar-refractivity contribution in [2.75, 3.05) is 13.1 Å². The van der Waals surface area contributed by atoms with Crippen LogP contribution in [0.3, 0.4) is 0 Å². The molecule has 1 saturated heterocycles. The molecule has 2 atom stereocenters. The van der Waals surface area contributed by atoms with Crippen LogP contribution >= 0.6 is 0 Å². The number of carbonyl (C=O) groups is 3. The summed E-state index contributed by atoms with van der Waals surface area (Å²) >= 11 is 0. The fraction of sp³-hybridized carbons (Fsp3) is 0.667. The van der Waals surface area contributed by atoms with Crippen LogP contribution in [0.25, 0.3) is 0 Å². The average Bonchev–Trinajstić information content (AvgIpc) is 3.19. The lowest BCUT2D eigenvalue weighted by Crippen LogP contribution is -2.44. The molecule has 1 aliphatic heterocycles. The van der Waals surface area contributed by atoms with Gasteiger partial charge in [-0.05, 0) is 25.7 Å². The fourth-order valence-corrected chi connectivity index (χ4v) is 2.89. The Kier molecular flexibility index (Phi) is 7.32. The predicted octanol–water partition coefficient (Wildman–Crippen LogP) is 1.37. The van der Waals surface area contributed by atoms with Crippen LogP contribution in [0.15, 0.2) is 10.6 Å². The van der Waals surface area contributed by atoms with E-state index >= 15 is 0 Å². The Morgan fingerprint density at radius 1 is 1.38 bits per heavy atom. The lowest BCUT2D eigenvalue weighted by Gasteiger charge is -2.18. The number of Topliss-reactive ketones (excluding diaryl/α,β-unsaturated/α-hetero) is 1. The Bertz CT molecular complexity index is 641. The van der Waals surface area contributed by atoms with Crippen molar-refractivity contribution in [3.63, 3.8) is 0 Å². The van der Waals surface area contributed by atoms with Gasteiger partial charge in [0.1, 0.15) is 11.5 Å². The lowest BCUT2D eigenvalue weighted by molar-refractivity contribution is -0.127. The van der Waals surface area contributed by atoms with E-state index < -0.39 is 5.92 Å². The standard InChI is InChI=1S/C18H28N4O4/c1-11(2)4-5-13(9-16(23)15-8-12(3)26-22-15)18(25)21-20-10-14-6-7-19-17(14)24/h8,11,13-14,20H,4-7,9-10H2,1-3H3,(H,19,24)(H,21,25)/t13-,14+/m1/s1. The van der Waals surface area contributed by atoms with Crippen molar-refractivity contribution in [2.45, 2.75) is 46.5 Å². The van der Waals surface area contributed by atoms with Gasteiger partial charge in [0.2, 0.25) is 11.8 Å². The summed E-state index contributed by atoms with van der Waals surface area (Å²) in [4.78, 5) is 36.4. The molecule has 1 aromatic heterocycles. The highest BCUT2D eigenvalue weighted by atomic mass is 16.5. The van der Waals surface area contributed by atoms with Crippen molar-refractivity contribution < 1.29 is 18.9 Å². The van der Waals surface area contributed by atoms with Crippen LogP contribution in [0.4, 0.5) is 0 Å². The van der Waals surface area contributed by atoms with E-state index in [9.17, 15) is 14.4 Å². The number of aryl methyl sites for hydroxylation is 1. The van der Waals surface area contributed by atoms with Crippen LogP contribution in [0.2, 0.25) is 0 Å². The van der Waals surface area contributed by atoms with Crippen molar-refractivity contribution in [3.05, 3.63) is 17.5 Å². The first-order valence-corrected chi connectivity index (χ1v) is 9.13. The Hall–Kier alpha value is -2.22. The predicted molar refractivity (Wildman–Crippen MR) is 95.0 cm³/mol. The number of hydrogen-bond donors (Lipinski definition) is 3. The summed E-state index contributed by atoms with van der Waals surface area (Å²) < 4.78 is 4.94. The molecule has 26 heavy (non-hydrogen) atoms. The molecule has 0 unspecified atom stereocenters. The molecule has 2 heterocycles. The van der Waals surface area contributed by atoms with Crippen molar-refractivity contribution >= 4 is 17.6 Å². The smallest absolute Gasteiger partial charge is 0.237 e. The molecule has 0 aromatic carbocycles. The maximum atomic E-state index is 12.5. The first-order chi connectivity index (χ1) is 12.4. The molecule has 0 bridgehead atoms. The molecule has 2 rings (SSSR count). The summed E-state index contributed by atoms with van der Waals surface area (Å²) in [6.45, 7) is 6.92. The number of rotatable bonds is 10. The first-order valence-electron chi connectivity index (χ1n) is 9.13. The monoisotopic (exact) mass is 364 g/mol. The third kappa shape index (κ3) is 5.94. The van der Waals surface area contributed by atoms with Crippen LogP contribution in [0.5, 0.6) is 0 Å². The lowest BCUT2D eigenvalue weighted by atomic mass is 9.92. The van der Waals surface area contributed by atoms with Gasteiger partial charge in [-0.15, -0.1) is 0 Å². The second kappa shape index (κ2) is 9.47. The summed E-state index contributed by atoms with van der Waals surface area (Å²) in [6, 6.07) is 1.58. The number of ketones is 1. The van der Waals surface area contributed by atoms with Gasteiger partial charge < -0.3 is 9.84 Å². The summed E-state index contributed by atoms with van der Waals surface area (Å²) in [5.41, 5.74) is 5.74. The number of carbonyl (C=O) groups excluding carboxylic acids is 3. The number of nitrogens with zero attached hydrogens (tertiary/aromatic N) is 1. The molecular formula is C18H28N4O4. The zero-order valence-electron chi connectivity index (χ0n) is 15.6. The van der Waals surface area contributed by atoms with Crippen LogP contribution in [-0.4, -0.2) is 35.8 Å². The summed E-state index contributed by atoms with van der Waals surface area (Å²) in [6.07, 6.45) is 2.28. The van der Waals surface area contributed by atoms with E-state index in [1.54, 1.807) is 13.0 Å². The number of amides is 2. The van der Waals surface area contributed by atoms with Crippen molar-refractivity contribution in [1.82, 2.24) is 21.3 Å². The van der Waals surface area contributed by atoms with Gasteiger partial charge in [0, 0.05) is 31.5 Å². The van der Waals surface area contributed by atoms with E-state index in [0.29, 0.717) is 31.2 Å². The third-order valence-corrected chi connectivity index (χ3v) is 4.53. The first kappa shape index (κ1) is 20.1. The number of hydrazine groups is 1. The molecule has 8 nitrogen and oxygen atoms in total. The molecular weight excluding hydrogens is 336 g/mol. The molecule has 2 amide bonds.